The molecule has 0 bridgehead atoms. The highest BCUT2D eigenvalue weighted by atomic mass is 127. The molecule has 1 aromatic carbocycles. The Kier molecular flexibility index (Phi) is 11.9. The number of benzene rings is 1. The van der Waals surface area contributed by atoms with Crippen molar-refractivity contribution >= 4 is 40.0 Å². The average molecular weight is 576 g/mol. The first-order chi connectivity index (χ1) is 14.2. The second-order valence-electron chi connectivity index (χ2n) is 7.05. The number of piperazine rings is 1. The van der Waals surface area contributed by atoms with Gasteiger partial charge in [0, 0.05) is 39.8 Å². The van der Waals surface area contributed by atoms with E-state index in [1.807, 2.05) is 18.7 Å². The van der Waals surface area contributed by atoms with Gasteiger partial charge in [-0.05, 0) is 31.5 Å². The summed E-state index contributed by atoms with van der Waals surface area (Å²) in [4.78, 5) is 6.21. The van der Waals surface area contributed by atoms with Crippen LogP contribution in [-0.2, 0) is 21.3 Å². The Balaban J connectivity index is 0.00000480. The van der Waals surface area contributed by atoms with E-state index in [9.17, 15) is 17.2 Å². The number of hydrogen-bond donors (Lipinski definition) is 1. The highest BCUT2D eigenvalue weighted by molar-refractivity contribution is 14.0. The van der Waals surface area contributed by atoms with Gasteiger partial charge in [0.1, 0.15) is 5.75 Å². The van der Waals surface area contributed by atoms with Crippen molar-refractivity contribution in [3.63, 3.8) is 0 Å². The van der Waals surface area contributed by atoms with Gasteiger partial charge in [0.2, 0.25) is 10.0 Å². The molecule has 1 heterocycles. The molecule has 0 spiro atoms. The molecule has 0 radical (unpaired) electrons. The summed E-state index contributed by atoms with van der Waals surface area (Å²) < 4.78 is 60.9. The zero-order chi connectivity index (χ0) is 22.1. The molecule has 0 aliphatic carbocycles. The van der Waals surface area contributed by atoms with E-state index in [1.54, 1.807) is 19.2 Å². The molecule has 2 rings (SSSR count). The molecule has 178 valence electrons. The van der Waals surface area contributed by atoms with Gasteiger partial charge in [0.05, 0.1) is 18.5 Å². The van der Waals surface area contributed by atoms with Crippen molar-refractivity contribution in [3.8, 4) is 5.75 Å². The third kappa shape index (κ3) is 9.41. The van der Waals surface area contributed by atoms with Gasteiger partial charge in [-0.25, -0.2) is 8.42 Å². The second-order valence-corrected chi connectivity index (χ2v) is 9.14. The van der Waals surface area contributed by atoms with Crippen LogP contribution in [0.2, 0.25) is 0 Å². The highest BCUT2D eigenvalue weighted by Crippen LogP contribution is 2.16. The zero-order valence-electron chi connectivity index (χ0n) is 18.0. The van der Waals surface area contributed by atoms with Crippen molar-refractivity contribution in [1.82, 2.24) is 14.5 Å². The van der Waals surface area contributed by atoms with Gasteiger partial charge in [-0.15, -0.1) is 24.0 Å². The number of rotatable bonds is 9. The minimum Gasteiger partial charge on any atom is -0.435 e. The van der Waals surface area contributed by atoms with Crippen molar-refractivity contribution in [1.29, 1.82) is 0 Å². The molecule has 0 unspecified atom stereocenters. The summed E-state index contributed by atoms with van der Waals surface area (Å²) in [6, 6.07) is 6.44. The summed E-state index contributed by atoms with van der Waals surface area (Å²) in [6.45, 7) is 3.14. The van der Waals surface area contributed by atoms with Crippen molar-refractivity contribution in [2.24, 2.45) is 4.99 Å². The predicted octanol–water partition coefficient (Wildman–Crippen LogP) is 2.35. The average Bonchev–Trinajstić information content (AvgIpc) is 2.68. The molecule has 1 aromatic rings. The lowest BCUT2D eigenvalue weighted by Crippen LogP contribution is -2.54. The van der Waals surface area contributed by atoms with E-state index >= 15 is 0 Å². The SMILES string of the molecule is CN=C(NCc1cccc(OC(F)F)c1)N1CCN(S(=O)(=O)CCOC(C)C)CC1.I. The molecular weight excluding hydrogens is 545 g/mol. The van der Waals surface area contributed by atoms with Crippen LogP contribution in [0.25, 0.3) is 0 Å². The maximum Gasteiger partial charge on any atom is 0.387 e. The number of nitrogens with one attached hydrogen (secondary N) is 1. The second kappa shape index (κ2) is 13.3. The zero-order valence-corrected chi connectivity index (χ0v) is 21.1. The van der Waals surface area contributed by atoms with Crippen molar-refractivity contribution in [3.05, 3.63) is 29.8 Å². The maximum absolute atomic E-state index is 12.4. The van der Waals surface area contributed by atoms with Crippen molar-refractivity contribution in [2.75, 3.05) is 45.6 Å². The number of nitrogens with zero attached hydrogens (tertiary/aromatic N) is 3. The largest absolute Gasteiger partial charge is 0.435 e. The highest BCUT2D eigenvalue weighted by Gasteiger charge is 2.28. The first-order valence-corrected chi connectivity index (χ1v) is 11.4. The van der Waals surface area contributed by atoms with Crippen LogP contribution in [0.1, 0.15) is 19.4 Å². The summed E-state index contributed by atoms with van der Waals surface area (Å²) in [5, 5.41) is 3.18. The fourth-order valence-electron chi connectivity index (χ4n) is 3.04. The van der Waals surface area contributed by atoms with E-state index in [0.29, 0.717) is 38.7 Å². The maximum atomic E-state index is 12.4. The molecule has 1 aliphatic rings. The molecular formula is C19H31F2IN4O4S. The Hall–Kier alpha value is -1.25. The van der Waals surface area contributed by atoms with Crippen LogP contribution in [-0.4, -0.2) is 81.9 Å². The Bertz CT molecular complexity index is 804. The first-order valence-electron chi connectivity index (χ1n) is 9.80. The van der Waals surface area contributed by atoms with Crippen LogP contribution in [0.15, 0.2) is 29.3 Å². The lowest BCUT2D eigenvalue weighted by Gasteiger charge is -2.35. The van der Waals surface area contributed by atoms with Gasteiger partial charge in [-0.1, -0.05) is 12.1 Å². The van der Waals surface area contributed by atoms with Gasteiger partial charge in [-0.3, -0.25) is 4.99 Å². The lowest BCUT2D eigenvalue weighted by atomic mass is 10.2. The minimum absolute atomic E-state index is 0. The number of aliphatic imine (C=N–C) groups is 1. The normalized spacial score (nSPS) is 15.8. The van der Waals surface area contributed by atoms with Crippen molar-refractivity contribution in [2.45, 2.75) is 33.1 Å². The Morgan fingerprint density at radius 2 is 1.90 bits per heavy atom. The monoisotopic (exact) mass is 576 g/mol. The van der Waals surface area contributed by atoms with E-state index in [1.165, 1.54) is 16.4 Å². The molecule has 1 aliphatic heterocycles. The first kappa shape index (κ1) is 27.8. The summed E-state index contributed by atoms with van der Waals surface area (Å²) in [7, 11) is -1.71. The third-order valence-electron chi connectivity index (χ3n) is 4.51. The summed E-state index contributed by atoms with van der Waals surface area (Å²) in [6.07, 6.45) is -0.00549. The molecule has 8 nitrogen and oxygen atoms in total. The topological polar surface area (TPSA) is 83.5 Å². The summed E-state index contributed by atoms with van der Waals surface area (Å²) in [5.74, 6) is 0.685. The van der Waals surface area contributed by atoms with Crippen LogP contribution >= 0.6 is 24.0 Å². The molecule has 12 heteroatoms. The van der Waals surface area contributed by atoms with Gasteiger partial charge in [-0.2, -0.15) is 13.1 Å². The number of ether oxygens (including phenoxy) is 2. The molecule has 1 N–H and O–H groups in total. The Morgan fingerprint density at radius 3 is 2.48 bits per heavy atom. The van der Waals surface area contributed by atoms with Gasteiger partial charge in [0.15, 0.2) is 5.96 Å². The fraction of sp³-hybridized carbons (Fsp3) is 0.632. The molecule has 0 saturated carbocycles. The summed E-state index contributed by atoms with van der Waals surface area (Å²) >= 11 is 0. The third-order valence-corrected chi connectivity index (χ3v) is 6.34. The lowest BCUT2D eigenvalue weighted by molar-refractivity contribution is -0.0498. The molecule has 0 amide bonds. The fourth-order valence-corrected chi connectivity index (χ4v) is 4.33. The van der Waals surface area contributed by atoms with Gasteiger partial charge >= 0.3 is 6.61 Å². The Morgan fingerprint density at radius 1 is 1.23 bits per heavy atom. The number of halogens is 3. The van der Waals surface area contributed by atoms with Crippen LogP contribution in [0, 0.1) is 0 Å². The van der Waals surface area contributed by atoms with E-state index in [2.05, 4.69) is 15.0 Å². The van der Waals surface area contributed by atoms with Crippen LogP contribution in [0.3, 0.4) is 0 Å². The number of hydrogen-bond acceptors (Lipinski definition) is 5. The number of sulfonamides is 1. The van der Waals surface area contributed by atoms with Crippen LogP contribution in [0.4, 0.5) is 8.78 Å². The van der Waals surface area contributed by atoms with Gasteiger partial charge in [0.25, 0.3) is 0 Å². The number of alkyl halides is 2. The quantitative estimate of drug-likeness (QED) is 0.276. The van der Waals surface area contributed by atoms with E-state index in [-0.39, 0.29) is 48.2 Å². The van der Waals surface area contributed by atoms with Crippen LogP contribution in [0.5, 0.6) is 5.75 Å². The van der Waals surface area contributed by atoms with E-state index < -0.39 is 16.6 Å². The summed E-state index contributed by atoms with van der Waals surface area (Å²) in [5.41, 5.74) is 0.765. The number of guanidine groups is 1. The van der Waals surface area contributed by atoms with Crippen LogP contribution < -0.4 is 10.1 Å². The standard InChI is InChI=1S/C19H30F2N4O4S.HI/c1-15(2)28-11-12-30(26,27)25-9-7-24(8-10-25)19(22-3)23-14-16-5-4-6-17(13-16)29-18(20)21;/h4-6,13,15,18H,7-12,14H2,1-3H3,(H,22,23);1H. The molecule has 0 aromatic heterocycles. The molecule has 0 atom stereocenters. The Labute approximate surface area is 200 Å². The van der Waals surface area contributed by atoms with E-state index in [0.717, 1.165) is 5.56 Å². The molecule has 1 saturated heterocycles. The van der Waals surface area contributed by atoms with E-state index in [4.69, 9.17) is 4.74 Å². The minimum atomic E-state index is -3.36. The smallest absolute Gasteiger partial charge is 0.387 e. The predicted molar refractivity (Wildman–Crippen MR) is 127 cm³/mol. The molecule has 1 fully saturated rings. The molecule has 31 heavy (non-hydrogen) atoms. The van der Waals surface area contributed by atoms with Gasteiger partial charge < -0.3 is 19.7 Å². The van der Waals surface area contributed by atoms with Crippen molar-refractivity contribution < 1.29 is 26.7 Å².